The summed E-state index contributed by atoms with van der Waals surface area (Å²) in [6.07, 6.45) is 5.01. The molecule has 20 heavy (non-hydrogen) atoms. The van der Waals surface area contributed by atoms with Gasteiger partial charge in [0.1, 0.15) is 12.4 Å². The summed E-state index contributed by atoms with van der Waals surface area (Å²) in [5.41, 5.74) is 0.463. The fraction of sp³-hybridized carbons (Fsp3) is 0.625. The zero-order chi connectivity index (χ0) is 14.4. The Morgan fingerprint density at radius 3 is 2.70 bits per heavy atom. The van der Waals surface area contributed by atoms with Crippen molar-refractivity contribution in [3.05, 3.63) is 28.8 Å². The van der Waals surface area contributed by atoms with Gasteiger partial charge in [-0.15, -0.1) is 0 Å². The molecule has 0 aliphatic heterocycles. The molecular weight excluding hydrogens is 274 g/mol. The van der Waals surface area contributed by atoms with Crippen LogP contribution in [-0.4, -0.2) is 23.9 Å². The van der Waals surface area contributed by atoms with Crippen LogP contribution in [0.5, 0.6) is 5.75 Å². The van der Waals surface area contributed by atoms with E-state index in [0.717, 1.165) is 44.3 Å². The van der Waals surface area contributed by atoms with Crippen molar-refractivity contribution in [3.8, 4) is 5.75 Å². The van der Waals surface area contributed by atoms with E-state index in [1.165, 1.54) is 6.42 Å². The minimum absolute atomic E-state index is 0.333. The van der Waals surface area contributed by atoms with E-state index in [9.17, 15) is 5.11 Å². The molecule has 1 fully saturated rings. The van der Waals surface area contributed by atoms with Crippen molar-refractivity contribution >= 4 is 11.6 Å². The monoisotopic (exact) mass is 297 g/mol. The standard InChI is InChI=1S/C16H24ClNO2/c1-2-18-11-13-6-7-15(14(17)10-13)20-12-16(19)8-4-3-5-9-16/h6-7,10,18-19H,2-5,8-9,11-12H2,1H3. The molecule has 2 rings (SSSR count). The number of rotatable bonds is 6. The Bertz CT molecular complexity index is 430. The van der Waals surface area contributed by atoms with Gasteiger partial charge >= 0.3 is 0 Å². The van der Waals surface area contributed by atoms with E-state index in [1.807, 2.05) is 18.2 Å². The van der Waals surface area contributed by atoms with Crippen LogP contribution >= 0.6 is 11.6 Å². The average Bonchev–Trinajstić information content (AvgIpc) is 2.45. The predicted molar refractivity (Wildman–Crippen MR) is 82.4 cm³/mol. The Hall–Kier alpha value is -0.770. The van der Waals surface area contributed by atoms with Gasteiger partial charge in [-0.2, -0.15) is 0 Å². The largest absolute Gasteiger partial charge is 0.489 e. The lowest BCUT2D eigenvalue weighted by atomic mass is 9.85. The van der Waals surface area contributed by atoms with Gasteiger partial charge in [-0.3, -0.25) is 0 Å². The molecule has 1 aromatic carbocycles. The van der Waals surface area contributed by atoms with E-state index < -0.39 is 5.60 Å². The van der Waals surface area contributed by atoms with Crippen molar-refractivity contribution in [3.63, 3.8) is 0 Å². The van der Waals surface area contributed by atoms with Crippen LogP contribution in [0.4, 0.5) is 0 Å². The number of ether oxygens (including phenoxy) is 1. The third kappa shape index (κ3) is 4.37. The highest BCUT2D eigenvalue weighted by molar-refractivity contribution is 6.32. The fourth-order valence-corrected chi connectivity index (χ4v) is 2.86. The van der Waals surface area contributed by atoms with Gasteiger partial charge in [-0.1, -0.05) is 43.9 Å². The first kappa shape index (κ1) is 15.6. The summed E-state index contributed by atoms with van der Waals surface area (Å²) >= 11 is 6.24. The zero-order valence-corrected chi connectivity index (χ0v) is 12.9. The van der Waals surface area contributed by atoms with Crippen LogP contribution < -0.4 is 10.1 Å². The van der Waals surface area contributed by atoms with Crippen LogP contribution in [0.15, 0.2) is 18.2 Å². The number of halogens is 1. The maximum absolute atomic E-state index is 10.4. The third-order valence-corrected chi connectivity index (χ3v) is 4.15. The van der Waals surface area contributed by atoms with Crippen LogP contribution in [0.2, 0.25) is 5.02 Å². The van der Waals surface area contributed by atoms with E-state index in [0.29, 0.717) is 17.4 Å². The second-order valence-electron chi connectivity index (χ2n) is 5.62. The fourth-order valence-electron chi connectivity index (χ4n) is 2.61. The molecule has 112 valence electrons. The van der Waals surface area contributed by atoms with E-state index in [1.54, 1.807) is 0 Å². The Kier molecular flexibility index (Phi) is 5.70. The topological polar surface area (TPSA) is 41.5 Å². The lowest BCUT2D eigenvalue weighted by molar-refractivity contribution is -0.0338. The van der Waals surface area contributed by atoms with Gasteiger partial charge in [0.25, 0.3) is 0 Å². The maximum atomic E-state index is 10.4. The molecule has 4 heteroatoms. The summed E-state index contributed by atoms with van der Waals surface area (Å²) in [7, 11) is 0. The van der Waals surface area contributed by atoms with E-state index in [-0.39, 0.29) is 0 Å². The lowest BCUT2D eigenvalue weighted by Gasteiger charge is -2.31. The van der Waals surface area contributed by atoms with Crippen LogP contribution in [0.1, 0.15) is 44.6 Å². The van der Waals surface area contributed by atoms with Gasteiger partial charge in [0.2, 0.25) is 0 Å². The van der Waals surface area contributed by atoms with E-state index in [2.05, 4.69) is 12.2 Å². The highest BCUT2D eigenvalue weighted by Gasteiger charge is 2.30. The lowest BCUT2D eigenvalue weighted by Crippen LogP contribution is -2.37. The van der Waals surface area contributed by atoms with Gasteiger partial charge in [0, 0.05) is 6.54 Å². The minimum Gasteiger partial charge on any atom is -0.489 e. The predicted octanol–water partition coefficient (Wildman–Crippen LogP) is 3.52. The Balaban J connectivity index is 1.92. The van der Waals surface area contributed by atoms with Crippen molar-refractivity contribution in [2.24, 2.45) is 0 Å². The molecule has 1 aliphatic rings. The zero-order valence-electron chi connectivity index (χ0n) is 12.1. The summed E-state index contributed by atoms with van der Waals surface area (Å²) < 4.78 is 5.74. The summed E-state index contributed by atoms with van der Waals surface area (Å²) in [6.45, 7) is 4.15. The van der Waals surface area contributed by atoms with Gasteiger partial charge in [-0.25, -0.2) is 0 Å². The van der Waals surface area contributed by atoms with Gasteiger partial charge in [-0.05, 0) is 37.1 Å². The molecule has 0 amide bonds. The van der Waals surface area contributed by atoms with E-state index >= 15 is 0 Å². The highest BCUT2D eigenvalue weighted by Crippen LogP contribution is 2.31. The molecule has 0 radical (unpaired) electrons. The van der Waals surface area contributed by atoms with Gasteiger partial charge < -0.3 is 15.2 Å². The van der Waals surface area contributed by atoms with Gasteiger partial charge in [0.05, 0.1) is 10.6 Å². The molecule has 0 heterocycles. The first-order chi connectivity index (χ1) is 9.63. The molecule has 1 aliphatic carbocycles. The van der Waals surface area contributed by atoms with E-state index in [4.69, 9.17) is 16.3 Å². The van der Waals surface area contributed by atoms with Crippen molar-refractivity contribution in [1.29, 1.82) is 0 Å². The molecule has 0 aromatic heterocycles. The Labute approximate surface area is 126 Å². The molecule has 0 bridgehead atoms. The maximum Gasteiger partial charge on any atom is 0.138 e. The molecule has 0 saturated heterocycles. The summed E-state index contributed by atoms with van der Waals surface area (Å²) in [6, 6.07) is 5.82. The molecule has 1 saturated carbocycles. The minimum atomic E-state index is -0.677. The molecule has 0 spiro atoms. The van der Waals surface area contributed by atoms with Crippen molar-refractivity contribution < 1.29 is 9.84 Å². The quantitative estimate of drug-likeness (QED) is 0.844. The molecule has 0 atom stereocenters. The van der Waals surface area contributed by atoms with Gasteiger partial charge in [0.15, 0.2) is 0 Å². The summed E-state index contributed by atoms with van der Waals surface area (Å²) in [5, 5.41) is 14.3. The molecular formula is C16H24ClNO2. The summed E-state index contributed by atoms with van der Waals surface area (Å²) in [5.74, 6) is 0.658. The highest BCUT2D eigenvalue weighted by atomic mass is 35.5. The summed E-state index contributed by atoms with van der Waals surface area (Å²) in [4.78, 5) is 0. The second-order valence-corrected chi connectivity index (χ2v) is 6.03. The van der Waals surface area contributed by atoms with Crippen LogP contribution in [-0.2, 0) is 6.54 Å². The van der Waals surface area contributed by atoms with Crippen LogP contribution in [0.25, 0.3) is 0 Å². The molecule has 1 aromatic rings. The van der Waals surface area contributed by atoms with Crippen molar-refractivity contribution in [1.82, 2.24) is 5.32 Å². The number of aliphatic hydroxyl groups is 1. The van der Waals surface area contributed by atoms with Crippen LogP contribution in [0.3, 0.4) is 0 Å². The number of hydrogen-bond donors (Lipinski definition) is 2. The molecule has 3 nitrogen and oxygen atoms in total. The number of nitrogens with one attached hydrogen (secondary N) is 1. The molecule has 0 unspecified atom stereocenters. The van der Waals surface area contributed by atoms with Crippen LogP contribution in [0, 0.1) is 0 Å². The average molecular weight is 298 g/mol. The van der Waals surface area contributed by atoms with Crippen molar-refractivity contribution in [2.75, 3.05) is 13.2 Å². The number of benzene rings is 1. The Morgan fingerprint density at radius 2 is 2.05 bits per heavy atom. The normalized spacial score (nSPS) is 17.9. The SMILES string of the molecule is CCNCc1ccc(OCC2(O)CCCCC2)c(Cl)c1. The Morgan fingerprint density at radius 1 is 1.30 bits per heavy atom. The second kappa shape index (κ2) is 7.30. The molecule has 2 N–H and O–H groups in total. The first-order valence-corrected chi connectivity index (χ1v) is 7.85. The third-order valence-electron chi connectivity index (χ3n) is 3.86. The smallest absolute Gasteiger partial charge is 0.138 e. The number of hydrogen-bond acceptors (Lipinski definition) is 3. The first-order valence-electron chi connectivity index (χ1n) is 7.47. The van der Waals surface area contributed by atoms with Crippen molar-refractivity contribution in [2.45, 2.75) is 51.2 Å².